The Bertz CT molecular complexity index is 971. The summed E-state index contributed by atoms with van der Waals surface area (Å²) in [6.45, 7) is 3.78. The number of hydrogen-bond acceptors (Lipinski definition) is 4. The highest BCUT2D eigenvalue weighted by atomic mass is 79.9. The van der Waals surface area contributed by atoms with Crippen LogP contribution in [-0.2, 0) is 10.0 Å². The maximum Gasteiger partial charge on any atom is 0.254 e. The predicted octanol–water partition coefficient (Wildman–Crippen LogP) is 3.69. The zero-order valence-corrected chi connectivity index (χ0v) is 19.0. The molecule has 1 amide bonds. The van der Waals surface area contributed by atoms with E-state index in [9.17, 15) is 13.2 Å². The zero-order valence-electron chi connectivity index (χ0n) is 16.6. The largest absolute Gasteiger partial charge is 0.492 e. The van der Waals surface area contributed by atoms with Crippen molar-refractivity contribution in [1.29, 1.82) is 0 Å². The minimum absolute atomic E-state index is 0.148. The van der Waals surface area contributed by atoms with Gasteiger partial charge in [-0.1, -0.05) is 17.7 Å². The van der Waals surface area contributed by atoms with Gasteiger partial charge in [-0.05, 0) is 66.0 Å². The third-order valence-corrected chi connectivity index (χ3v) is 7.52. The summed E-state index contributed by atoms with van der Waals surface area (Å²) in [6.07, 6.45) is 1.73. The Morgan fingerprint density at radius 2 is 1.79 bits per heavy atom. The van der Waals surface area contributed by atoms with Crippen molar-refractivity contribution in [1.82, 2.24) is 9.21 Å². The molecule has 3 rings (SSSR count). The molecule has 0 aromatic heterocycles. The van der Waals surface area contributed by atoms with E-state index in [1.54, 1.807) is 13.1 Å². The molecule has 1 aliphatic heterocycles. The lowest BCUT2D eigenvalue weighted by atomic mass is 10.2. The molecule has 2 aromatic carbocycles. The monoisotopic (exact) mass is 480 g/mol. The number of aryl methyl sites for hydroxylation is 1. The summed E-state index contributed by atoms with van der Waals surface area (Å²) in [6, 6.07) is 12.3. The molecule has 0 bridgehead atoms. The first-order valence-corrected chi connectivity index (χ1v) is 11.8. The minimum Gasteiger partial charge on any atom is -0.492 e. The third kappa shape index (κ3) is 5.18. The van der Waals surface area contributed by atoms with Crippen LogP contribution in [-0.4, -0.2) is 56.8 Å². The SMILES string of the molecule is Cc1ccc(OCCN(C)C(=O)c2cc(S(=O)(=O)N3CCCC3)ccc2Br)cc1. The minimum atomic E-state index is -3.58. The van der Waals surface area contributed by atoms with E-state index in [1.165, 1.54) is 21.3 Å². The molecule has 0 aliphatic carbocycles. The topological polar surface area (TPSA) is 66.9 Å². The summed E-state index contributed by atoms with van der Waals surface area (Å²) in [5, 5.41) is 0. The number of nitrogens with zero attached hydrogens (tertiary/aromatic N) is 2. The molecule has 0 radical (unpaired) electrons. The molecule has 0 N–H and O–H groups in total. The van der Waals surface area contributed by atoms with Crippen LogP contribution >= 0.6 is 15.9 Å². The lowest BCUT2D eigenvalue weighted by molar-refractivity contribution is 0.0772. The number of halogens is 1. The van der Waals surface area contributed by atoms with Gasteiger partial charge in [-0.3, -0.25) is 4.79 Å². The van der Waals surface area contributed by atoms with Crippen LogP contribution < -0.4 is 4.74 Å². The number of ether oxygens (including phenoxy) is 1. The van der Waals surface area contributed by atoms with Crippen LogP contribution in [0.4, 0.5) is 0 Å². The van der Waals surface area contributed by atoms with Crippen LogP contribution in [0.25, 0.3) is 0 Å². The van der Waals surface area contributed by atoms with E-state index < -0.39 is 10.0 Å². The Hall–Kier alpha value is -1.90. The van der Waals surface area contributed by atoms with Gasteiger partial charge in [0, 0.05) is 24.6 Å². The smallest absolute Gasteiger partial charge is 0.254 e. The lowest BCUT2D eigenvalue weighted by Gasteiger charge is -2.20. The summed E-state index contributed by atoms with van der Waals surface area (Å²) in [5.41, 5.74) is 1.47. The van der Waals surface area contributed by atoms with Crippen LogP contribution in [0.3, 0.4) is 0 Å². The molecule has 1 heterocycles. The van der Waals surface area contributed by atoms with Crippen molar-refractivity contribution in [2.24, 2.45) is 0 Å². The van der Waals surface area contributed by atoms with Gasteiger partial charge in [-0.25, -0.2) is 8.42 Å². The van der Waals surface area contributed by atoms with Gasteiger partial charge in [0.1, 0.15) is 12.4 Å². The Labute approximate surface area is 180 Å². The fourth-order valence-electron chi connectivity index (χ4n) is 3.15. The number of amides is 1. The van der Waals surface area contributed by atoms with Crippen molar-refractivity contribution in [3.8, 4) is 5.75 Å². The van der Waals surface area contributed by atoms with Gasteiger partial charge < -0.3 is 9.64 Å². The molecule has 8 heteroatoms. The number of likely N-dealkylation sites (N-methyl/N-ethyl adjacent to an activating group) is 1. The Balaban J connectivity index is 1.68. The molecule has 29 heavy (non-hydrogen) atoms. The molecule has 0 spiro atoms. The van der Waals surface area contributed by atoms with E-state index in [2.05, 4.69) is 15.9 Å². The van der Waals surface area contributed by atoms with Crippen molar-refractivity contribution in [2.45, 2.75) is 24.7 Å². The predicted molar refractivity (Wildman–Crippen MR) is 116 cm³/mol. The quantitative estimate of drug-likeness (QED) is 0.605. The van der Waals surface area contributed by atoms with Gasteiger partial charge in [0.25, 0.3) is 5.91 Å². The normalized spacial score (nSPS) is 14.7. The number of carbonyl (C=O) groups excluding carboxylic acids is 1. The number of carbonyl (C=O) groups is 1. The molecule has 2 aromatic rings. The summed E-state index contributed by atoms with van der Waals surface area (Å²) in [7, 11) is -1.90. The van der Waals surface area contributed by atoms with Gasteiger partial charge in [-0.2, -0.15) is 4.31 Å². The number of rotatable bonds is 7. The van der Waals surface area contributed by atoms with Crippen molar-refractivity contribution in [3.05, 3.63) is 58.1 Å². The van der Waals surface area contributed by atoms with Crippen LogP contribution in [0.5, 0.6) is 5.75 Å². The highest BCUT2D eigenvalue weighted by Gasteiger charge is 2.28. The Morgan fingerprint density at radius 1 is 1.14 bits per heavy atom. The summed E-state index contributed by atoms with van der Waals surface area (Å²) in [5.74, 6) is 0.485. The van der Waals surface area contributed by atoms with Crippen LogP contribution in [0, 0.1) is 6.92 Å². The van der Waals surface area contributed by atoms with E-state index >= 15 is 0 Å². The van der Waals surface area contributed by atoms with E-state index in [0.29, 0.717) is 36.3 Å². The van der Waals surface area contributed by atoms with E-state index in [0.717, 1.165) is 24.2 Å². The molecule has 0 unspecified atom stereocenters. The standard InChI is InChI=1S/C21H25BrN2O4S/c1-16-5-7-17(8-6-16)28-14-13-23(2)21(25)19-15-18(9-10-20(19)22)29(26,27)24-11-3-4-12-24/h5-10,15H,3-4,11-14H2,1-2H3. The highest BCUT2D eigenvalue weighted by Crippen LogP contribution is 2.26. The number of benzene rings is 2. The lowest BCUT2D eigenvalue weighted by Crippen LogP contribution is -2.32. The summed E-state index contributed by atoms with van der Waals surface area (Å²) >= 11 is 3.37. The second-order valence-corrected chi connectivity index (χ2v) is 9.93. The second-order valence-electron chi connectivity index (χ2n) is 7.14. The van der Waals surface area contributed by atoms with Crippen LogP contribution in [0.2, 0.25) is 0 Å². The van der Waals surface area contributed by atoms with E-state index in [1.807, 2.05) is 31.2 Å². The molecule has 1 saturated heterocycles. The van der Waals surface area contributed by atoms with Gasteiger partial charge in [0.05, 0.1) is 17.0 Å². The van der Waals surface area contributed by atoms with Crippen molar-refractivity contribution in [3.63, 3.8) is 0 Å². The molecule has 6 nitrogen and oxygen atoms in total. The van der Waals surface area contributed by atoms with Crippen molar-refractivity contribution >= 4 is 31.9 Å². The molecular weight excluding hydrogens is 456 g/mol. The van der Waals surface area contributed by atoms with Crippen LogP contribution in [0.15, 0.2) is 51.8 Å². The van der Waals surface area contributed by atoms with E-state index in [4.69, 9.17) is 4.74 Å². The zero-order chi connectivity index (χ0) is 21.0. The van der Waals surface area contributed by atoms with E-state index in [-0.39, 0.29) is 10.8 Å². The second kappa shape index (κ2) is 9.28. The maximum absolute atomic E-state index is 12.9. The molecule has 1 fully saturated rings. The first-order valence-electron chi connectivity index (χ1n) is 9.53. The van der Waals surface area contributed by atoms with Gasteiger partial charge in [0.2, 0.25) is 10.0 Å². The highest BCUT2D eigenvalue weighted by molar-refractivity contribution is 9.10. The summed E-state index contributed by atoms with van der Waals surface area (Å²) < 4.78 is 33.3. The van der Waals surface area contributed by atoms with Gasteiger partial charge in [0.15, 0.2) is 0 Å². The summed E-state index contributed by atoms with van der Waals surface area (Å²) in [4.78, 5) is 14.6. The molecule has 1 aliphatic rings. The number of sulfonamides is 1. The fourth-order valence-corrected chi connectivity index (χ4v) is 5.11. The first-order chi connectivity index (χ1) is 13.8. The average Bonchev–Trinajstić information content (AvgIpc) is 3.25. The van der Waals surface area contributed by atoms with Gasteiger partial charge >= 0.3 is 0 Å². The molecule has 0 saturated carbocycles. The Kier molecular flexibility index (Phi) is 6.97. The van der Waals surface area contributed by atoms with Gasteiger partial charge in [-0.15, -0.1) is 0 Å². The fraction of sp³-hybridized carbons (Fsp3) is 0.381. The van der Waals surface area contributed by atoms with Crippen LogP contribution in [0.1, 0.15) is 28.8 Å². The molecule has 156 valence electrons. The van der Waals surface area contributed by atoms with Crippen molar-refractivity contribution in [2.75, 3.05) is 33.3 Å². The third-order valence-electron chi connectivity index (χ3n) is 4.93. The first kappa shape index (κ1) is 21.8. The van der Waals surface area contributed by atoms with Crippen molar-refractivity contribution < 1.29 is 17.9 Å². The molecule has 0 atom stereocenters. The average molecular weight is 481 g/mol. The Morgan fingerprint density at radius 3 is 2.45 bits per heavy atom. The molecular formula is C21H25BrN2O4S. The number of hydrogen-bond donors (Lipinski definition) is 0. The maximum atomic E-state index is 12.9.